The Bertz CT molecular complexity index is 1480. The van der Waals surface area contributed by atoms with E-state index < -0.39 is 5.60 Å². The fourth-order valence-electron chi connectivity index (χ4n) is 5.01. The third kappa shape index (κ3) is 7.85. The van der Waals surface area contributed by atoms with Gasteiger partial charge in [-0.15, -0.1) is 11.3 Å². The topological polar surface area (TPSA) is 109 Å². The summed E-state index contributed by atoms with van der Waals surface area (Å²) >= 11 is 1.40. The predicted octanol–water partition coefficient (Wildman–Crippen LogP) is 6.67. The van der Waals surface area contributed by atoms with Gasteiger partial charge >= 0.3 is 6.09 Å². The molecule has 3 aromatic heterocycles. The zero-order chi connectivity index (χ0) is 28.8. The van der Waals surface area contributed by atoms with E-state index in [0.29, 0.717) is 17.7 Å². The van der Waals surface area contributed by atoms with Gasteiger partial charge in [-0.1, -0.05) is 12.1 Å². The zero-order valence-corrected chi connectivity index (χ0v) is 24.6. The Morgan fingerprint density at radius 3 is 2.80 bits per heavy atom. The molecule has 2 N–H and O–H groups in total. The monoisotopic (exact) mass is 575 g/mol. The highest BCUT2D eigenvalue weighted by atomic mass is 32.1. The molecule has 216 valence electrons. The third-order valence-corrected chi connectivity index (χ3v) is 7.79. The van der Waals surface area contributed by atoms with Gasteiger partial charge in [-0.3, -0.25) is 4.79 Å². The second-order valence-corrected chi connectivity index (χ2v) is 12.3. The Hall–Kier alpha value is -3.92. The lowest BCUT2D eigenvalue weighted by Gasteiger charge is -2.33. The van der Waals surface area contributed by atoms with Crippen molar-refractivity contribution in [3.63, 3.8) is 0 Å². The van der Waals surface area contributed by atoms with Crippen LogP contribution >= 0.6 is 11.3 Å². The quantitative estimate of drug-likeness (QED) is 0.216. The zero-order valence-electron chi connectivity index (χ0n) is 23.8. The maximum atomic E-state index is 12.7. The summed E-state index contributed by atoms with van der Waals surface area (Å²) < 4.78 is 11.5. The lowest BCUT2D eigenvalue weighted by molar-refractivity contribution is -0.115. The van der Waals surface area contributed by atoms with Crippen molar-refractivity contribution in [2.75, 3.05) is 25.0 Å². The number of benzene rings is 1. The first kappa shape index (κ1) is 28.6. The minimum atomic E-state index is -0.463. The van der Waals surface area contributed by atoms with Crippen LogP contribution in [0.5, 0.6) is 5.75 Å². The summed E-state index contributed by atoms with van der Waals surface area (Å²) in [5, 5.41) is 6.41. The maximum absolute atomic E-state index is 12.7. The lowest BCUT2D eigenvalue weighted by atomic mass is 9.92. The number of likely N-dealkylation sites (tertiary alicyclic amines) is 1. The average molecular weight is 576 g/mol. The fraction of sp³-hybridized carbons (Fsp3) is 0.419. The van der Waals surface area contributed by atoms with Crippen molar-refractivity contribution in [1.82, 2.24) is 19.9 Å². The number of nitrogens with one attached hydrogen (secondary N) is 2. The van der Waals surface area contributed by atoms with Gasteiger partial charge in [-0.05, 0) is 82.2 Å². The van der Waals surface area contributed by atoms with Crippen LogP contribution in [0.1, 0.15) is 52.0 Å². The number of hydrogen-bond donors (Lipinski definition) is 2. The number of rotatable bonds is 9. The number of aromatic nitrogens is 3. The smallest absolute Gasteiger partial charge is 0.410 e. The molecule has 2 amide bonds. The summed E-state index contributed by atoms with van der Waals surface area (Å²) in [7, 11) is 0. The highest BCUT2D eigenvalue weighted by Crippen LogP contribution is 2.30. The molecule has 1 saturated heterocycles. The summed E-state index contributed by atoms with van der Waals surface area (Å²) in [6.45, 7) is 7.79. The van der Waals surface area contributed by atoms with E-state index in [4.69, 9.17) is 9.47 Å². The second-order valence-electron chi connectivity index (χ2n) is 11.4. The van der Waals surface area contributed by atoms with Gasteiger partial charge in [0.25, 0.3) is 0 Å². The molecule has 4 heterocycles. The van der Waals surface area contributed by atoms with E-state index in [2.05, 4.69) is 20.3 Å². The Balaban J connectivity index is 1.04. The number of pyridine rings is 1. The van der Waals surface area contributed by atoms with Gasteiger partial charge in [0.1, 0.15) is 17.0 Å². The van der Waals surface area contributed by atoms with Crippen LogP contribution in [-0.2, 0) is 16.0 Å². The minimum Gasteiger partial charge on any atom is -0.494 e. The summed E-state index contributed by atoms with van der Waals surface area (Å²) in [4.78, 5) is 38.9. The lowest BCUT2D eigenvalue weighted by Crippen LogP contribution is -2.41. The first-order valence-corrected chi connectivity index (χ1v) is 15.0. The number of amides is 2. The van der Waals surface area contributed by atoms with Crippen molar-refractivity contribution < 1.29 is 19.1 Å². The molecule has 4 aromatic rings. The SMILES string of the molecule is CC(C)(C)OC(=O)N1CCC(CCCOc2cccc(CC(=O)Nc3nc(-c4c[nH]c5ncccc45)cs3)c2)CC1. The highest BCUT2D eigenvalue weighted by molar-refractivity contribution is 7.14. The molecule has 0 saturated carbocycles. The molecule has 0 spiro atoms. The van der Waals surface area contributed by atoms with Crippen molar-refractivity contribution in [3.05, 3.63) is 59.7 Å². The molecule has 1 aromatic carbocycles. The first-order valence-electron chi connectivity index (χ1n) is 14.1. The number of thiazole rings is 1. The van der Waals surface area contributed by atoms with Gasteiger partial charge in [0, 0.05) is 41.8 Å². The molecule has 0 radical (unpaired) electrons. The average Bonchev–Trinajstić information content (AvgIpc) is 3.57. The van der Waals surface area contributed by atoms with Crippen LogP contribution < -0.4 is 10.1 Å². The Morgan fingerprint density at radius 1 is 1.17 bits per heavy atom. The molecule has 1 aliphatic heterocycles. The number of ether oxygens (including phenoxy) is 2. The summed E-state index contributed by atoms with van der Waals surface area (Å²) in [5.41, 5.74) is 2.99. The van der Waals surface area contributed by atoms with Gasteiger partial charge in [-0.25, -0.2) is 14.8 Å². The number of anilines is 1. The van der Waals surface area contributed by atoms with E-state index in [9.17, 15) is 9.59 Å². The Labute approximate surface area is 244 Å². The van der Waals surface area contributed by atoms with Crippen LogP contribution in [0.2, 0.25) is 0 Å². The largest absolute Gasteiger partial charge is 0.494 e. The third-order valence-electron chi connectivity index (χ3n) is 7.03. The van der Waals surface area contributed by atoms with Crippen LogP contribution in [0.3, 0.4) is 0 Å². The van der Waals surface area contributed by atoms with Gasteiger partial charge in [0.2, 0.25) is 5.91 Å². The predicted molar refractivity (Wildman–Crippen MR) is 161 cm³/mol. The second kappa shape index (κ2) is 12.7. The molecular weight excluding hydrogens is 538 g/mol. The molecule has 0 aliphatic carbocycles. The molecule has 9 nitrogen and oxygen atoms in total. The van der Waals surface area contributed by atoms with E-state index in [0.717, 1.165) is 72.4 Å². The number of piperidine rings is 1. The number of H-pyrrole nitrogens is 1. The van der Waals surface area contributed by atoms with E-state index in [1.165, 1.54) is 11.3 Å². The number of fused-ring (bicyclic) bond motifs is 1. The molecule has 0 bridgehead atoms. The van der Waals surface area contributed by atoms with Gasteiger partial charge < -0.3 is 24.7 Å². The summed E-state index contributed by atoms with van der Waals surface area (Å²) in [6.07, 6.45) is 7.64. The van der Waals surface area contributed by atoms with Crippen molar-refractivity contribution in [3.8, 4) is 17.0 Å². The molecule has 10 heteroatoms. The molecule has 1 fully saturated rings. The van der Waals surface area contributed by atoms with Crippen molar-refractivity contribution in [2.45, 2.75) is 58.5 Å². The van der Waals surface area contributed by atoms with Crippen LogP contribution in [-0.4, -0.2) is 57.1 Å². The normalized spacial score (nSPS) is 14.3. The first-order chi connectivity index (χ1) is 19.7. The molecular formula is C31H37N5O4S. The Morgan fingerprint density at radius 2 is 2.00 bits per heavy atom. The molecule has 1 aliphatic rings. The van der Waals surface area contributed by atoms with Crippen LogP contribution in [0.25, 0.3) is 22.3 Å². The van der Waals surface area contributed by atoms with Gasteiger partial charge in [0.05, 0.1) is 18.7 Å². The summed E-state index contributed by atoms with van der Waals surface area (Å²) in [6, 6.07) is 11.6. The number of aromatic amines is 1. The van der Waals surface area contributed by atoms with Crippen LogP contribution in [0, 0.1) is 5.92 Å². The standard InChI is InChI=1S/C31H37N5O4S/c1-31(2,3)40-30(38)36-14-11-21(12-15-36)8-6-16-39-23-9-4-7-22(17-23)18-27(37)35-29-34-26(20-41-29)25-19-33-28-24(25)10-5-13-32-28/h4-5,7,9-10,13,17,19-21H,6,8,11-12,14-16,18H2,1-3H3,(H,32,33)(H,34,35,37). The number of hydrogen-bond acceptors (Lipinski definition) is 7. The van der Waals surface area contributed by atoms with E-state index in [-0.39, 0.29) is 18.4 Å². The van der Waals surface area contributed by atoms with Gasteiger partial charge in [-0.2, -0.15) is 0 Å². The van der Waals surface area contributed by atoms with Crippen LogP contribution in [0.4, 0.5) is 9.93 Å². The molecule has 0 atom stereocenters. The number of carbonyl (C=O) groups is 2. The van der Waals surface area contributed by atoms with E-state index in [1.807, 2.05) is 73.6 Å². The highest BCUT2D eigenvalue weighted by Gasteiger charge is 2.26. The Kier molecular flexibility index (Phi) is 8.87. The number of carbonyl (C=O) groups excluding carboxylic acids is 2. The maximum Gasteiger partial charge on any atom is 0.410 e. The number of nitrogens with zero attached hydrogens (tertiary/aromatic N) is 3. The van der Waals surface area contributed by atoms with Crippen molar-refractivity contribution in [2.24, 2.45) is 5.92 Å². The van der Waals surface area contributed by atoms with E-state index >= 15 is 0 Å². The van der Waals surface area contributed by atoms with Crippen molar-refractivity contribution in [1.29, 1.82) is 0 Å². The van der Waals surface area contributed by atoms with E-state index in [1.54, 1.807) is 6.20 Å². The van der Waals surface area contributed by atoms with Crippen molar-refractivity contribution >= 4 is 39.5 Å². The van der Waals surface area contributed by atoms with Gasteiger partial charge in [0.15, 0.2) is 5.13 Å². The molecule has 41 heavy (non-hydrogen) atoms. The van der Waals surface area contributed by atoms with Crippen LogP contribution in [0.15, 0.2) is 54.2 Å². The fourth-order valence-corrected chi connectivity index (χ4v) is 5.74. The minimum absolute atomic E-state index is 0.124. The molecule has 5 rings (SSSR count). The summed E-state index contributed by atoms with van der Waals surface area (Å²) in [5.74, 6) is 1.23. The molecule has 0 unspecified atom stereocenters.